The van der Waals surface area contributed by atoms with Crippen molar-refractivity contribution >= 4 is 5.69 Å². The summed E-state index contributed by atoms with van der Waals surface area (Å²) in [6.45, 7) is 0. The fourth-order valence-electron chi connectivity index (χ4n) is 0.527. The maximum atomic E-state index is 12.4. The minimum Gasteiger partial charge on any atom is -0.264 e. The van der Waals surface area contributed by atoms with Crippen molar-refractivity contribution in [2.45, 2.75) is 0 Å². The van der Waals surface area contributed by atoms with Crippen LogP contribution in [-0.2, 0) is 0 Å². The molecule has 1 aromatic rings. The lowest BCUT2D eigenvalue weighted by molar-refractivity contribution is 0.0268. The van der Waals surface area contributed by atoms with Crippen LogP contribution < -0.4 is 5.23 Å². The van der Waals surface area contributed by atoms with Crippen LogP contribution >= 0.6 is 0 Å². The third kappa shape index (κ3) is 1.20. The molecular weight excluding hydrogens is 139 g/mol. The van der Waals surface area contributed by atoms with Gasteiger partial charge in [-0.25, -0.2) is 4.98 Å². The molecule has 0 saturated carbocycles. The predicted molar refractivity (Wildman–Crippen MR) is 30.2 cm³/mol. The van der Waals surface area contributed by atoms with Gasteiger partial charge in [-0.15, -0.1) is 5.23 Å². The van der Waals surface area contributed by atoms with E-state index in [0.717, 1.165) is 0 Å². The third-order valence-electron chi connectivity index (χ3n) is 0.955. The molecule has 1 aromatic heterocycles. The van der Waals surface area contributed by atoms with Gasteiger partial charge in [0.15, 0.2) is 0 Å². The first kappa shape index (κ1) is 6.91. The highest BCUT2D eigenvalue weighted by Crippen LogP contribution is 2.11. The van der Waals surface area contributed by atoms with E-state index in [1.165, 1.54) is 18.3 Å². The first-order chi connectivity index (χ1) is 4.72. The molecule has 0 aliphatic carbocycles. The molecule has 1 rings (SSSR count). The highest BCUT2D eigenvalue weighted by molar-refractivity contribution is 5.38. The second-order valence-electron chi connectivity index (χ2n) is 1.60. The Morgan fingerprint density at radius 3 is 2.60 bits per heavy atom. The molecule has 0 radical (unpaired) electrons. The zero-order chi connectivity index (χ0) is 7.56. The second kappa shape index (κ2) is 2.59. The predicted octanol–water partition coefficient (Wildman–Crippen LogP) is 0.805. The molecule has 5 heteroatoms. The Balaban J connectivity index is 3.03. The molecule has 0 unspecified atom stereocenters. The Labute approximate surface area is 56.1 Å². The maximum Gasteiger partial charge on any atom is 0.241 e. The molecule has 0 bridgehead atoms. The number of halogens is 1. The van der Waals surface area contributed by atoms with Crippen molar-refractivity contribution in [1.82, 2.24) is 4.98 Å². The van der Waals surface area contributed by atoms with E-state index in [-0.39, 0.29) is 10.9 Å². The molecule has 54 valence electrons. The van der Waals surface area contributed by atoms with E-state index in [0.29, 0.717) is 0 Å². The number of hydrogen-bond donors (Lipinski definition) is 2. The van der Waals surface area contributed by atoms with Crippen LogP contribution in [0.3, 0.4) is 0 Å². The van der Waals surface area contributed by atoms with E-state index in [4.69, 9.17) is 10.4 Å². The fourth-order valence-corrected chi connectivity index (χ4v) is 0.527. The van der Waals surface area contributed by atoms with Crippen molar-refractivity contribution in [3.63, 3.8) is 0 Å². The summed E-state index contributed by atoms with van der Waals surface area (Å²) in [5.74, 6) is -0.924. The Hall–Kier alpha value is -1.20. The monoisotopic (exact) mass is 144 g/mol. The summed E-state index contributed by atoms with van der Waals surface area (Å²) in [5, 5.41) is 16.3. The zero-order valence-electron chi connectivity index (χ0n) is 4.90. The number of aromatic nitrogens is 1. The van der Waals surface area contributed by atoms with Gasteiger partial charge in [-0.3, -0.25) is 10.4 Å². The Bertz CT molecular complexity index is 229. The summed E-state index contributed by atoms with van der Waals surface area (Å²) >= 11 is 0. The van der Waals surface area contributed by atoms with Gasteiger partial charge in [-0.2, -0.15) is 4.39 Å². The van der Waals surface area contributed by atoms with Crippen molar-refractivity contribution in [1.29, 1.82) is 0 Å². The van der Waals surface area contributed by atoms with Crippen LogP contribution in [0.2, 0.25) is 0 Å². The van der Waals surface area contributed by atoms with Gasteiger partial charge in [0.1, 0.15) is 5.69 Å². The lowest BCUT2D eigenvalue weighted by atomic mass is 10.4. The summed E-state index contributed by atoms with van der Waals surface area (Å²) in [6, 6.07) is 2.57. The van der Waals surface area contributed by atoms with Gasteiger partial charge < -0.3 is 0 Å². The molecule has 4 nitrogen and oxygen atoms in total. The van der Waals surface area contributed by atoms with Crippen LogP contribution in [0.1, 0.15) is 0 Å². The van der Waals surface area contributed by atoms with E-state index in [1.54, 1.807) is 0 Å². The fraction of sp³-hybridized carbons (Fsp3) is 0. The summed E-state index contributed by atoms with van der Waals surface area (Å²) in [6.07, 6.45) is 1.21. The van der Waals surface area contributed by atoms with E-state index in [9.17, 15) is 4.39 Å². The minimum atomic E-state index is -0.924. The number of nitrogens with zero attached hydrogens (tertiary/aromatic N) is 2. The van der Waals surface area contributed by atoms with Gasteiger partial charge in [-0.05, 0) is 12.1 Å². The number of hydrogen-bond acceptors (Lipinski definition) is 4. The van der Waals surface area contributed by atoms with Crippen molar-refractivity contribution < 1.29 is 14.8 Å². The second-order valence-corrected chi connectivity index (χ2v) is 1.60. The van der Waals surface area contributed by atoms with E-state index in [1.807, 2.05) is 0 Å². The largest absolute Gasteiger partial charge is 0.264 e. The molecule has 0 aliphatic heterocycles. The smallest absolute Gasteiger partial charge is 0.241 e. The lowest BCUT2D eigenvalue weighted by Gasteiger charge is -2.06. The number of pyridine rings is 1. The van der Waals surface area contributed by atoms with Crippen molar-refractivity contribution in [3.8, 4) is 0 Å². The lowest BCUT2D eigenvalue weighted by Crippen LogP contribution is -2.13. The molecule has 10 heavy (non-hydrogen) atoms. The maximum absolute atomic E-state index is 12.4. The molecule has 0 fully saturated rings. The highest BCUT2D eigenvalue weighted by Gasteiger charge is 2.05. The Kier molecular flexibility index (Phi) is 1.79. The van der Waals surface area contributed by atoms with Crippen LogP contribution in [0, 0.1) is 5.95 Å². The number of anilines is 1. The molecule has 2 N–H and O–H groups in total. The normalized spacial score (nSPS) is 9.50. The standard InChI is InChI=1S/C5H5FN2O2/c6-5-4(8(9)10)2-1-3-7-5/h1-3,9-10H. The molecule has 0 aromatic carbocycles. The van der Waals surface area contributed by atoms with Crippen molar-refractivity contribution in [2.75, 3.05) is 5.23 Å². The Morgan fingerprint density at radius 1 is 1.50 bits per heavy atom. The summed E-state index contributed by atoms with van der Waals surface area (Å²) in [5.41, 5.74) is -0.373. The third-order valence-corrected chi connectivity index (χ3v) is 0.955. The van der Waals surface area contributed by atoms with Crippen LogP contribution in [-0.4, -0.2) is 15.4 Å². The Morgan fingerprint density at radius 2 is 2.20 bits per heavy atom. The molecule has 0 spiro atoms. The first-order valence-electron chi connectivity index (χ1n) is 2.50. The van der Waals surface area contributed by atoms with Crippen LogP contribution in [0.5, 0.6) is 0 Å². The van der Waals surface area contributed by atoms with Crippen LogP contribution in [0.15, 0.2) is 18.3 Å². The minimum absolute atomic E-state index is 0.317. The molecule has 0 atom stereocenters. The highest BCUT2D eigenvalue weighted by atomic mass is 19.1. The number of rotatable bonds is 1. The van der Waals surface area contributed by atoms with E-state index >= 15 is 0 Å². The molecule has 0 aliphatic rings. The van der Waals surface area contributed by atoms with Gasteiger partial charge in [-0.1, -0.05) is 0 Å². The van der Waals surface area contributed by atoms with E-state index < -0.39 is 5.95 Å². The first-order valence-corrected chi connectivity index (χ1v) is 2.50. The van der Waals surface area contributed by atoms with Crippen LogP contribution in [0.25, 0.3) is 0 Å². The van der Waals surface area contributed by atoms with E-state index in [2.05, 4.69) is 4.98 Å². The summed E-state index contributed by atoms with van der Waals surface area (Å²) in [4.78, 5) is 3.17. The zero-order valence-corrected chi connectivity index (χ0v) is 4.90. The SMILES string of the molecule is ON(O)c1cccnc1F. The molecule has 0 saturated heterocycles. The topological polar surface area (TPSA) is 56.6 Å². The summed E-state index contributed by atoms with van der Waals surface area (Å²) < 4.78 is 12.4. The van der Waals surface area contributed by atoms with Crippen molar-refractivity contribution in [2.24, 2.45) is 0 Å². The average Bonchev–Trinajstić information content (AvgIpc) is 1.88. The quantitative estimate of drug-likeness (QED) is 0.452. The van der Waals surface area contributed by atoms with Crippen molar-refractivity contribution in [3.05, 3.63) is 24.3 Å². The summed E-state index contributed by atoms with van der Waals surface area (Å²) in [7, 11) is 0. The molecule has 1 heterocycles. The van der Waals surface area contributed by atoms with Crippen LogP contribution in [0.4, 0.5) is 10.1 Å². The average molecular weight is 144 g/mol. The van der Waals surface area contributed by atoms with Gasteiger partial charge in [0.2, 0.25) is 5.95 Å². The van der Waals surface area contributed by atoms with Gasteiger partial charge in [0, 0.05) is 6.20 Å². The van der Waals surface area contributed by atoms with Gasteiger partial charge in [0.05, 0.1) is 0 Å². The van der Waals surface area contributed by atoms with Gasteiger partial charge >= 0.3 is 0 Å². The van der Waals surface area contributed by atoms with Gasteiger partial charge in [0.25, 0.3) is 0 Å². The molecule has 0 amide bonds. The molecular formula is C5H5FN2O2.